The quantitative estimate of drug-likeness (QED) is 0.806. The maximum Gasteiger partial charge on any atom is 0.328 e. The molecule has 2 rings (SSSR count). The second-order valence-electron chi connectivity index (χ2n) is 4.34. The summed E-state index contributed by atoms with van der Waals surface area (Å²) in [4.78, 5) is 10.6. The highest BCUT2D eigenvalue weighted by molar-refractivity contribution is 9.10. The molecule has 2 aromatic carbocycles. The first-order valence-corrected chi connectivity index (χ1v) is 6.90. The van der Waals surface area contributed by atoms with Gasteiger partial charge in [0.15, 0.2) is 11.6 Å². The normalized spacial score (nSPS) is 10.8. The summed E-state index contributed by atoms with van der Waals surface area (Å²) in [5, 5.41) is 8.71. The summed E-state index contributed by atoms with van der Waals surface area (Å²) in [7, 11) is 0. The number of aliphatic carboxylic acids is 1. The molecule has 0 amide bonds. The number of carbonyl (C=O) groups is 1. The molecule has 0 heterocycles. The molecule has 5 heteroatoms. The van der Waals surface area contributed by atoms with Crippen LogP contribution >= 0.6 is 15.9 Å². The van der Waals surface area contributed by atoms with Crippen molar-refractivity contribution in [3.8, 4) is 11.5 Å². The first kappa shape index (κ1) is 15.3. The van der Waals surface area contributed by atoms with Gasteiger partial charge in [0.1, 0.15) is 5.75 Å². The van der Waals surface area contributed by atoms with E-state index in [-0.39, 0.29) is 5.75 Å². The first-order valence-electron chi connectivity index (χ1n) is 6.11. The predicted octanol–water partition coefficient (Wildman–Crippen LogP) is 4.79. The van der Waals surface area contributed by atoms with E-state index < -0.39 is 11.8 Å². The Morgan fingerprint density at radius 1 is 1.29 bits per heavy atom. The number of carboxylic acid groups (broad SMARTS) is 1. The third-order valence-corrected chi connectivity index (χ3v) is 3.25. The van der Waals surface area contributed by atoms with Gasteiger partial charge in [0.2, 0.25) is 0 Å². The Labute approximate surface area is 129 Å². The van der Waals surface area contributed by atoms with E-state index in [0.717, 1.165) is 10.5 Å². The van der Waals surface area contributed by atoms with Crippen molar-refractivity contribution in [2.75, 3.05) is 0 Å². The second-order valence-corrected chi connectivity index (χ2v) is 5.26. The highest BCUT2D eigenvalue weighted by Crippen LogP contribution is 2.31. The van der Waals surface area contributed by atoms with Gasteiger partial charge in [-0.3, -0.25) is 0 Å². The van der Waals surface area contributed by atoms with Crippen molar-refractivity contribution in [3.63, 3.8) is 0 Å². The van der Waals surface area contributed by atoms with Gasteiger partial charge < -0.3 is 9.84 Å². The Morgan fingerprint density at radius 2 is 2.05 bits per heavy atom. The molecule has 3 nitrogen and oxygen atoms in total. The molecule has 0 bridgehead atoms. The van der Waals surface area contributed by atoms with E-state index in [2.05, 4.69) is 15.9 Å². The lowest BCUT2D eigenvalue weighted by molar-refractivity contribution is -0.131. The molecule has 0 fully saturated rings. The zero-order valence-corrected chi connectivity index (χ0v) is 12.7. The molecule has 0 aromatic heterocycles. The minimum Gasteiger partial charge on any atom is -0.478 e. The minimum atomic E-state index is -1.07. The molecule has 2 aromatic rings. The van der Waals surface area contributed by atoms with Crippen LogP contribution in [0.25, 0.3) is 6.08 Å². The Hall–Kier alpha value is -2.14. The van der Waals surface area contributed by atoms with Crippen LogP contribution in [0.15, 0.2) is 46.9 Å². The van der Waals surface area contributed by atoms with E-state index in [1.165, 1.54) is 12.1 Å². The third-order valence-electron chi connectivity index (χ3n) is 2.75. The van der Waals surface area contributed by atoms with Gasteiger partial charge in [-0.05, 0) is 42.8 Å². The van der Waals surface area contributed by atoms with E-state index in [4.69, 9.17) is 9.84 Å². The van der Waals surface area contributed by atoms with Crippen molar-refractivity contribution in [2.24, 2.45) is 0 Å². The van der Waals surface area contributed by atoms with Crippen LogP contribution in [0.4, 0.5) is 4.39 Å². The maximum absolute atomic E-state index is 14.0. The summed E-state index contributed by atoms with van der Waals surface area (Å²) in [5.74, 6) is -1.03. The van der Waals surface area contributed by atoms with E-state index in [1.807, 2.05) is 0 Å². The first-order chi connectivity index (χ1) is 9.97. The predicted molar refractivity (Wildman–Crippen MR) is 82.0 cm³/mol. The van der Waals surface area contributed by atoms with Crippen molar-refractivity contribution >= 4 is 28.0 Å². The number of aryl methyl sites for hydroxylation is 1. The molecule has 21 heavy (non-hydrogen) atoms. The fourth-order valence-corrected chi connectivity index (χ4v) is 2.10. The smallest absolute Gasteiger partial charge is 0.328 e. The van der Waals surface area contributed by atoms with E-state index >= 15 is 0 Å². The lowest BCUT2D eigenvalue weighted by Gasteiger charge is -2.11. The fraction of sp³-hybridized carbons (Fsp3) is 0.0625. The number of benzene rings is 2. The zero-order chi connectivity index (χ0) is 15.4. The maximum atomic E-state index is 14.0. The molecule has 0 aliphatic carbocycles. The van der Waals surface area contributed by atoms with Crippen molar-refractivity contribution in [1.29, 1.82) is 0 Å². The van der Waals surface area contributed by atoms with Crippen molar-refractivity contribution in [1.82, 2.24) is 0 Å². The SMILES string of the molecule is Cc1cccc(Oc2ccc(Br)cc2/C=C/C(=O)O)c1F. The number of hydrogen-bond donors (Lipinski definition) is 1. The topological polar surface area (TPSA) is 46.5 Å². The van der Waals surface area contributed by atoms with Crippen molar-refractivity contribution in [2.45, 2.75) is 6.92 Å². The van der Waals surface area contributed by atoms with Crippen LogP contribution in [-0.4, -0.2) is 11.1 Å². The van der Waals surface area contributed by atoms with Gasteiger partial charge in [-0.25, -0.2) is 9.18 Å². The van der Waals surface area contributed by atoms with Crippen LogP contribution in [0, 0.1) is 12.7 Å². The van der Waals surface area contributed by atoms with Crippen LogP contribution in [0.5, 0.6) is 11.5 Å². The van der Waals surface area contributed by atoms with Gasteiger partial charge in [0.25, 0.3) is 0 Å². The molecule has 0 unspecified atom stereocenters. The fourth-order valence-electron chi connectivity index (χ4n) is 1.72. The molecule has 108 valence electrons. The molecule has 0 aliphatic heterocycles. The lowest BCUT2D eigenvalue weighted by atomic mass is 10.2. The average Bonchev–Trinajstić information content (AvgIpc) is 2.43. The number of halogens is 2. The van der Waals surface area contributed by atoms with Crippen LogP contribution in [0.1, 0.15) is 11.1 Å². The largest absolute Gasteiger partial charge is 0.478 e. The highest BCUT2D eigenvalue weighted by Gasteiger charge is 2.09. The number of ether oxygens (including phenoxy) is 1. The average molecular weight is 351 g/mol. The molecular formula is C16H12BrFO3. The molecule has 0 saturated carbocycles. The highest BCUT2D eigenvalue weighted by atomic mass is 79.9. The van der Waals surface area contributed by atoms with Crippen LogP contribution < -0.4 is 4.74 Å². The van der Waals surface area contributed by atoms with Crippen molar-refractivity contribution in [3.05, 3.63) is 63.9 Å². The summed E-state index contributed by atoms with van der Waals surface area (Å²) in [6.07, 6.45) is 2.40. The van der Waals surface area contributed by atoms with Gasteiger partial charge in [-0.2, -0.15) is 0 Å². The van der Waals surface area contributed by atoms with Crippen LogP contribution in [0.2, 0.25) is 0 Å². The molecule has 0 saturated heterocycles. The second kappa shape index (κ2) is 6.54. The van der Waals surface area contributed by atoms with Crippen LogP contribution in [0.3, 0.4) is 0 Å². The molecule has 0 radical (unpaired) electrons. The van der Waals surface area contributed by atoms with Crippen molar-refractivity contribution < 1.29 is 19.0 Å². The number of carboxylic acids is 1. The summed E-state index contributed by atoms with van der Waals surface area (Å²) in [6.45, 7) is 1.65. The minimum absolute atomic E-state index is 0.0993. The number of rotatable bonds is 4. The van der Waals surface area contributed by atoms with E-state index in [0.29, 0.717) is 16.9 Å². The summed E-state index contributed by atoms with van der Waals surface area (Å²) < 4.78 is 20.3. The molecule has 1 N–H and O–H groups in total. The zero-order valence-electron chi connectivity index (χ0n) is 11.1. The molecule has 0 aliphatic rings. The summed E-state index contributed by atoms with van der Waals surface area (Å²) >= 11 is 3.30. The Morgan fingerprint density at radius 3 is 2.76 bits per heavy atom. The Balaban J connectivity index is 2.39. The summed E-state index contributed by atoms with van der Waals surface area (Å²) in [6, 6.07) is 9.94. The Kier molecular flexibility index (Phi) is 4.75. The number of hydrogen-bond acceptors (Lipinski definition) is 2. The van der Waals surface area contributed by atoms with Gasteiger partial charge >= 0.3 is 5.97 Å². The molecular weight excluding hydrogens is 339 g/mol. The third kappa shape index (κ3) is 3.92. The molecule has 0 spiro atoms. The standard InChI is InChI=1S/C16H12BrFO3/c1-10-3-2-4-14(16(10)18)21-13-7-6-12(17)9-11(13)5-8-15(19)20/h2-9H,1H3,(H,19,20)/b8-5+. The molecule has 0 atom stereocenters. The lowest BCUT2D eigenvalue weighted by Crippen LogP contribution is -1.93. The van der Waals surface area contributed by atoms with Gasteiger partial charge in [-0.15, -0.1) is 0 Å². The van der Waals surface area contributed by atoms with Gasteiger partial charge in [0, 0.05) is 16.1 Å². The monoisotopic (exact) mass is 350 g/mol. The van der Waals surface area contributed by atoms with Gasteiger partial charge in [0.05, 0.1) is 0 Å². The van der Waals surface area contributed by atoms with Gasteiger partial charge in [-0.1, -0.05) is 28.1 Å². The summed E-state index contributed by atoms with van der Waals surface area (Å²) in [5.41, 5.74) is 1.01. The van der Waals surface area contributed by atoms with E-state index in [1.54, 1.807) is 37.3 Å². The Bertz CT molecular complexity index is 711. The van der Waals surface area contributed by atoms with E-state index in [9.17, 15) is 9.18 Å². The van der Waals surface area contributed by atoms with Crippen LogP contribution in [-0.2, 0) is 4.79 Å².